The predicted molar refractivity (Wildman–Crippen MR) is 35.7 cm³/mol. The highest BCUT2D eigenvalue weighted by Gasteiger charge is 2.33. The van der Waals surface area contributed by atoms with Crippen molar-refractivity contribution >= 4 is 11.9 Å². The van der Waals surface area contributed by atoms with E-state index in [9.17, 15) is 9.59 Å². The minimum absolute atomic E-state index is 0.445. The van der Waals surface area contributed by atoms with E-state index in [2.05, 4.69) is 4.74 Å². The predicted octanol–water partition coefficient (Wildman–Crippen LogP) is 0.254. The van der Waals surface area contributed by atoms with E-state index in [0.29, 0.717) is 6.42 Å². The van der Waals surface area contributed by atoms with Crippen LogP contribution in [0.15, 0.2) is 0 Å². The molecule has 0 aromatic carbocycles. The van der Waals surface area contributed by atoms with E-state index in [-0.39, 0.29) is 0 Å². The molecule has 0 bridgehead atoms. The maximum atomic E-state index is 10.9. The lowest BCUT2D eigenvalue weighted by atomic mass is 10.2. The van der Waals surface area contributed by atoms with Crippen molar-refractivity contribution in [3.63, 3.8) is 0 Å². The Morgan fingerprint density at radius 3 is 2.45 bits per heavy atom. The van der Waals surface area contributed by atoms with Crippen LogP contribution in [0.3, 0.4) is 0 Å². The highest BCUT2D eigenvalue weighted by Crippen LogP contribution is 2.11. The van der Waals surface area contributed by atoms with Gasteiger partial charge in [0.2, 0.25) is 0 Å². The second kappa shape index (κ2) is 2.90. The number of esters is 2. The summed E-state index contributed by atoms with van der Waals surface area (Å²) >= 11 is 0. The van der Waals surface area contributed by atoms with Crippen LogP contribution in [0.25, 0.3) is 0 Å². The van der Waals surface area contributed by atoms with Gasteiger partial charge in [-0.2, -0.15) is 0 Å². The first-order valence-corrected chi connectivity index (χ1v) is 3.56. The number of rotatable bonds is 1. The smallest absolute Gasteiger partial charge is 0.348 e. The summed E-state index contributed by atoms with van der Waals surface area (Å²) in [7, 11) is 0. The van der Waals surface area contributed by atoms with Gasteiger partial charge < -0.3 is 9.47 Å². The van der Waals surface area contributed by atoms with E-state index in [1.54, 1.807) is 6.92 Å². The van der Waals surface area contributed by atoms with Gasteiger partial charge in [-0.05, 0) is 13.3 Å². The zero-order valence-corrected chi connectivity index (χ0v) is 6.49. The Kier molecular flexibility index (Phi) is 2.12. The van der Waals surface area contributed by atoms with Crippen molar-refractivity contribution in [2.24, 2.45) is 0 Å². The quantitative estimate of drug-likeness (QED) is 0.513. The number of hydrogen-bond donors (Lipinski definition) is 0. The molecule has 1 rings (SSSR count). The van der Waals surface area contributed by atoms with Crippen LogP contribution >= 0.6 is 0 Å². The molecule has 1 saturated heterocycles. The number of hydrogen-bond acceptors (Lipinski definition) is 4. The Morgan fingerprint density at radius 2 is 1.91 bits per heavy atom. The van der Waals surface area contributed by atoms with Crippen molar-refractivity contribution in [1.82, 2.24) is 0 Å². The van der Waals surface area contributed by atoms with Gasteiger partial charge >= 0.3 is 11.9 Å². The number of cyclic esters (lactones) is 2. The molecule has 4 nitrogen and oxygen atoms in total. The number of carbonyl (C=O) groups is 2. The van der Waals surface area contributed by atoms with E-state index in [0.717, 1.165) is 0 Å². The standard InChI is InChI=1S/C7H10O4/c1-3-5-7(9)10-4(2)6(8)11-5/h4-5H,3H2,1-2H3. The molecule has 0 saturated carbocycles. The third kappa shape index (κ3) is 1.50. The number of carbonyl (C=O) groups excluding carboxylic acids is 2. The van der Waals surface area contributed by atoms with Crippen molar-refractivity contribution in [1.29, 1.82) is 0 Å². The fourth-order valence-electron chi connectivity index (χ4n) is 0.832. The summed E-state index contributed by atoms with van der Waals surface area (Å²) in [6, 6.07) is 0. The normalized spacial score (nSPS) is 31.1. The van der Waals surface area contributed by atoms with Gasteiger partial charge in [-0.25, -0.2) is 9.59 Å². The Labute approximate surface area is 64.5 Å². The second-order valence-electron chi connectivity index (χ2n) is 2.41. The Balaban J connectivity index is 2.62. The molecule has 1 heterocycles. The maximum Gasteiger partial charge on any atom is 0.348 e. The molecule has 62 valence electrons. The highest BCUT2D eigenvalue weighted by molar-refractivity contribution is 5.87. The van der Waals surface area contributed by atoms with Gasteiger partial charge in [-0.15, -0.1) is 0 Å². The van der Waals surface area contributed by atoms with Gasteiger partial charge in [0.1, 0.15) is 0 Å². The molecule has 0 aromatic rings. The molecule has 2 atom stereocenters. The van der Waals surface area contributed by atoms with Crippen molar-refractivity contribution in [2.45, 2.75) is 32.5 Å². The molecule has 0 amide bonds. The largest absolute Gasteiger partial charge is 0.448 e. The summed E-state index contributed by atoms with van der Waals surface area (Å²) in [5.74, 6) is -0.906. The van der Waals surface area contributed by atoms with Gasteiger partial charge in [0.05, 0.1) is 0 Å². The molecule has 2 unspecified atom stereocenters. The maximum absolute atomic E-state index is 10.9. The van der Waals surface area contributed by atoms with Crippen LogP contribution in [-0.2, 0) is 19.1 Å². The van der Waals surface area contributed by atoms with E-state index in [4.69, 9.17) is 4.74 Å². The van der Waals surface area contributed by atoms with Crippen LogP contribution in [0.5, 0.6) is 0 Å². The van der Waals surface area contributed by atoms with Crippen LogP contribution in [0.4, 0.5) is 0 Å². The molecule has 4 heteroatoms. The molecule has 0 radical (unpaired) electrons. The van der Waals surface area contributed by atoms with E-state index in [1.807, 2.05) is 0 Å². The summed E-state index contributed by atoms with van der Waals surface area (Å²) in [5, 5.41) is 0. The average Bonchev–Trinajstić information content (AvgIpc) is 1.97. The Hall–Kier alpha value is -1.06. The van der Waals surface area contributed by atoms with Crippen molar-refractivity contribution in [3.8, 4) is 0 Å². The van der Waals surface area contributed by atoms with Crippen molar-refractivity contribution < 1.29 is 19.1 Å². The van der Waals surface area contributed by atoms with Crippen LogP contribution in [0.2, 0.25) is 0 Å². The topological polar surface area (TPSA) is 52.6 Å². The molecule has 1 fully saturated rings. The van der Waals surface area contributed by atoms with Gasteiger partial charge in [0.25, 0.3) is 0 Å². The molecule has 1 aliphatic rings. The van der Waals surface area contributed by atoms with Crippen LogP contribution < -0.4 is 0 Å². The lowest BCUT2D eigenvalue weighted by Gasteiger charge is -2.24. The first kappa shape index (κ1) is 8.04. The SMILES string of the molecule is CCC1OC(=O)C(C)OC1=O. The summed E-state index contributed by atoms with van der Waals surface area (Å²) in [6.07, 6.45) is -0.971. The Bertz CT molecular complexity index is 187. The molecule has 0 aromatic heterocycles. The van der Waals surface area contributed by atoms with E-state index < -0.39 is 24.1 Å². The summed E-state index contributed by atoms with van der Waals surface area (Å²) in [4.78, 5) is 21.7. The Morgan fingerprint density at radius 1 is 1.27 bits per heavy atom. The minimum atomic E-state index is -0.745. The van der Waals surface area contributed by atoms with E-state index in [1.165, 1.54) is 6.92 Å². The van der Waals surface area contributed by atoms with Crippen molar-refractivity contribution in [2.75, 3.05) is 0 Å². The zero-order chi connectivity index (χ0) is 8.43. The number of ether oxygens (including phenoxy) is 2. The van der Waals surface area contributed by atoms with Crippen LogP contribution in [-0.4, -0.2) is 24.1 Å². The zero-order valence-electron chi connectivity index (χ0n) is 6.49. The molecule has 0 aliphatic carbocycles. The highest BCUT2D eigenvalue weighted by atomic mass is 16.6. The first-order valence-electron chi connectivity index (χ1n) is 3.56. The fourth-order valence-corrected chi connectivity index (χ4v) is 0.832. The molecule has 0 spiro atoms. The molecular weight excluding hydrogens is 148 g/mol. The minimum Gasteiger partial charge on any atom is -0.448 e. The van der Waals surface area contributed by atoms with E-state index >= 15 is 0 Å². The molecular formula is C7H10O4. The van der Waals surface area contributed by atoms with Crippen LogP contribution in [0.1, 0.15) is 20.3 Å². The second-order valence-corrected chi connectivity index (χ2v) is 2.41. The fraction of sp³-hybridized carbons (Fsp3) is 0.714. The monoisotopic (exact) mass is 158 g/mol. The van der Waals surface area contributed by atoms with Crippen molar-refractivity contribution in [3.05, 3.63) is 0 Å². The first-order chi connectivity index (χ1) is 5.15. The van der Waals surface area contributed by atoms with Crippen LogP contribution in [0, 0.1) is 0 Å². The van der Waals surface area contributed by atoms with Gasteiger partial charge in [0.15, 0.2) is 12.2 Å². The lowest BCUT2D eigenvalue weighted by Crippen LogP contribution is -2.42. The van der Waals surface area contributed by atoms with Gasteiger partial charge in [0, 0.05) is 0 Å². The average molecular weight is 158 g/mol. The molecule has 0 N–H and O–H groups in total. The van der Waals surface area contributed by atoms with Gasteiger partial charge in [-0.3, -0.25) is 0 Å². The summed E-state index contributed by atoms with van der Waals surface area (Å²) < 4.78 is 9.43. The lowest BCUT2D eigenvalue weighted by molar-refractivity contribution is -0.193. The summed E-state index contributed by atoms with van der Waals surface area (Å²) in [6.45, 7) is 3.25. The third-order valence-corrected chi connectivity index (χ3v) is 1.52. The summed E-state index contributed by atoms with van der Waals surface area (Å²) in [5.41, 5.74) is 0. The van der Waals surface area contributed by atoms with Gasteiger partial charge in [-0.1, -0.05) is 6.92 Å². The molecule has 11 heavy (non-hydrogen) atoms. The third-order valence-electron chi connectivity index (χ3n) is 1.52. The molecule has 1 aliphatic heterocycles.